The third-order valence-corrected chi connectivity index (χ3v) is 5.51. The first-order chi connectivity index (χ1) is 11.1. The van der Waals surface area contributed by atoms with E-state index in [1.807, 2.05) is 37.3 Å². The number of amides is 1. The molecule has 0 unspecified atom stereocenters. The van der Waals surface area contributed by atoms with Gasteiger partial charge in [-0.2, -0.15) is 0 Å². The Balaban J connectivity index is 2.05. The molecule has 0 N–H and O–H groups in total. The molecule has 3 nitrogen and oxygen atoms in total. The number of anilines is 1. The molecule has 0 aliphatic carbocycles. The van der Waals surface area contributed by atoms with E-state index < -0.39 is 0 Å². The van der Waals surface area contributed by atoms with E-state index in [-0.39, 0.29) is 11.9 Å². The molecular weight excluding hydrogens is 396 g/mol. The highest BCUT2D eigenvalue weighted by molar-refractivity contribution is 9.10. The molecule has 1 atom stereocenters. The fourth-order valence-corrected chi connectivity index (χ4v) is 3.86. The summed E-state index contributed by atoms with van der Waals surface area (Å²) in [4.78, 5) is 19.4. The van der Waals surface area contributed by atoms with E-state index in [1.54, 1.807) is 34.9 Å². The van der Waals surface area contributed by atoms with Gasteiger partial charge >= 0.3 is 0 Å². The average molecular weight is 410 g/mol. The number of thioether (sulfide) groups is 1. The molecule has 1 aliphatic rings. The molecule has 0 radical (unpaired) electrons. The highest BCUT2D eigenvalue weighted by Crippen LogP contribution is 2.29. The zero-order valence-electron chi connectivity index (χ0n) is 12.4. The summed E-state index contributed by atoms with van der Waals surface area (Å²) in [5, 5.41) is 1.36. The lowest BCUT2D eigenvalue weighted by atomic mass is 10.2. The van der Waals surface area contributed by atoms with E-state index >= 15 is 0 Å². The van der Waals surface area contributed by atoms with Gasteiger partial charge in [-0.25, -0.2) is 0 Å². The number of rotatable bonds is 2. The van der Waals surface area contributed by atoms with Gasteiger partial charge in [0.05, 0.1) is 17.3 Å². The second-order valence-electron chi connectivity index (χ2n) is 5.17. The van der Waals surface area contributed by atoms with E-state index in [0.29, 0.717) is 10.6 Å². The molecule has 2 aromatic carbocycles. The zero-order valence-corrected chi connectivity index (χ0v) is 15.5. The molecule has 0 saturated carbocycles. The summed E-state index contributed by atoms with van der Waals surface area (Å²) in [6.07, 6.45) is 0. The predicted octanol–water partition coefficient (Wildman–Crippen LogP) is 5.24. The van der Waals surface area contributed by atoms with Gasteiger partial charge in [-0.1, -0.05) is 35.5 Å². The smallest absolute Gasteiger partial charge is 0.265 e. The van der Waals surface area contributed by atoms with E-state index in [2.05, 4.69) is 20.9 Å². The number of benzene rings is 2. The molecule has 0 aromatic heterocycles. The Kier molecular flexibility index (Phi) is 5.09. The SMILES string of the molecule is C[C@H]1CSC(N(C(=O)c2ccccc2Br)c2ccc(Cl)cc2)=N1. The van der Waals surface area contributed by atoms with Gasteiger partial charge in [0.15, 0.2) is 5.17 Å². The minimum Gasteiger partial charge on any atom is -0.268 e. The fourth-order valence-electron chi connectivity index (χ4n) is 2.24. The van der Waals surface area contributed by atoms with Crippen LogP contribution in [0.15, 0.2) is 58.0 Å². The first-order valence-corrected chi connectivity index (χ1v) is 9.27. The van der Waals surface area contributed by atoms with Crippen LogP contribution in [0.5, 0.6) is 0 Å². The number of hydrogen-bond donors (Lipinski definition) is 0. The van der Waals surface area contributed by atoms with Gasteiger partial charge in [0.2, 0.25) is 0 Å². The minimum atomic E-state index is -0.111. The molecule has 1 heterocycles. The van der Waals surface area contributed by atoms with Gasteiger partial charge in [-0.05, 0) is 59.3 Å². The van der Waals surface area contributed by atoms with Gasteiger partial charge < -0.3 is 0 Å². The summed E-state index contributed by atoms with van der Waals surface area (Å²) >= 11 is 11.0. The topological polar surface area (TPSA) is 32.7 Å². The maximum Gasteiger partial charge on any atom is 0.265 e. The predicted molar refractivity (Wildman–Crippen MR) is 102 cm³/mol. The van der Waals surface area contributed by atoms with Crippen LogP contribution in [0.3, 0.4) is 0 Å². The maximum absolute atomic E-state index is 13.1. The monoisotopic (exact) mass is 408 g/mol. The van der Waals surface area contributed by atoms with E-state index in [4.69, 9.17) is 11.6 Å². The van der Waals surface area contributed by atoms with Crippen LogP contribution in [0, 0.1) is 0 Å². The summed E-state index contributed by atoms with van der Waals surface area (Å²) in [7, 11) is 0. The molecule has 0 fully saturated rings. The van der Waals surface area contributed by atoms with Crippen LogP contribution in [-0.4, -0.2) is 22.9 Å². The summed E-state index contributed by atoms with van der Waals surface area (Å²) in [6.45, 7) is 2.04. The fraction of sp³-hybridized carbons (Fsp3) is 0.176. The largest absolute Gasteiger partial charge is 0.268 e. The second kappa shape index (κ2) is 7.07. The Morgan fingerprint density at radius 3 is 2.57 bits per heavy atom. The Morgan fingerprint density at radius 1 is 1.26 bits per heavy atom. The molecule has 0 bridgehead atoms. The Labute approximate surface area is 152 Å². The van der Waals surface area contributed by atoms with Crippen LogP contribution in [-0.2, 0) is 0 Å². The molecule has 23 heavy (non-hydrogen) atoms. The number of aliphatic imine (C=N–C) groups is 1. The maximum atomic E-state index is 13.1. The van der Waals surface area contributed by atoms with Gasteiger partial charge in [0, 0.05) is 15.2 Å². The van der Waals surface area contributed by atoms with Crippen LogP contribution in [0.1, 0.15) is 17.3 Å². The first kappa shape index (κ1) is 16.6. The Hall–Kier alpha value is -1.30. The van der Waals surface area contributed by atoms with Gasteiger partial charge in [-0.3, -0.25) is 14.7 Å². The third kappa shape index (κ3) is 3.62. The summed E-state index contributed by atoms with van der Waals surface area (Å²) in [6, 6.07) is 14.8. The van der Waals surface area contributed by atoms with Crippen LogP contribution in [0.25, 0.3) is 0 Å². The summed E-state index contributed by atoms with van der Waals surface area (Å²) in [5.74, 6) is 0.767. The van der Waals surface area contributed by atoms with Crippen molar-refractivity contribution in [2.45, 2.75) is 13.0 Å². The van der Waals surface area contributed by atoms with Gasteiger partial charge in [0.1, 0.15) is 0 Å². The average Bonchev–Trinajstić information content (AvgIpc) is 2.96. The van der Waals surface area contributed by atoms with Crippen molar-refractivity contribution in [2.75, 3.05) is 10.7 Å². The number of hydrogen-bond acceptors (Lipinski definition) is 3. The van der Waals surface area contributed by atoms with Crippen LogP contribution >= 0.6 is 39.3 Å². The molecule has 0 saturated heterocycles. The molecular formula is C17H14BrClN2OS. The highest BCUT2D eigenvalue weighted by atomic mass is 79.9. The van der Waals surface area contributed by atoms with Crippen molar-refractivity contribution in [3.8, 4) is 0 Å². The van der Waals surface area contributed by atoms with Crippen molar-refractivity contribution in [1.82, 2.24) is 0 Å². The van der Waals surface area contributed by atoms with Crippen molar-refractivity contribution in [3.05, 3.63) is 63.6 Å². The summed E-state index contributed by atoms with van der Waals surface area (Å²) in [5.41, 5.74) is 1.36. The molecule has 6 heteroatoms. The molecule has 3 rings (SSSR count). The van der Waals surface area contributed by atoms with Crippen molar-refractivity contribution in [1.29, 1.82) is 0 Å². The number of nitrogens with zero attached hydrogens (tertiary/aromatic N) is 2. The summed E-state index contributed by atoms with van der Waals surface area (Å²) < 4.78 is 0.764. The molecule has 1 aliphatic heterocycles. The van der Waals surface area contributed by atoms with Crippen molar-refractivity contribution < 1.29 is 4.79 Å². The van der Waals surface area contributed by atoms with E-state index in [1.165, 1.54) is 0 Å². The first-order valence-electron chi connectivity index (χ1n) is 7.11. The normalized spacial score (nSPS) is 17.0. The number of halogens is 2. The van der Waals surface area contributed by atoms with Crippen molar-refractivity contribution in [3.63, 3.8) is 0 Å². The van der Waals surface area contributed by atoms with E-state index in [9.17, 15) is 4.79 Å². The highest BCUT2D eigenvalue weighted by Gasteiger charge is 2.28. The second-order valence-corrected chi connectivity index (χ2v) is 7.45. The van der Waals surface area contributed by atoms with E-state index in [0.717, 1.165) is 21.1 Å². The standard InChI is InChI=1S/C17H14BrClN2OS/c1-11-10-23-17(20-11)21(13-8-6-12(19)7-9-13)16(22)14-4-2-3-5-15(14)18/h2-9,11H,10H2,1H3/t11-/m0/s1. The third-order valence-electron chi connectivity index (χ3n) is 3.37. The van der Waals surface area contributed by atoms with Crippen LogP contribution in [0.2, 0.25) is 5.02 Å². The van der Waals surface area contributed by atoms with Crippen molar-refractivity contribution >= 4 is 56.1 Å². The Bertz CT molecular complexity index is 763. The number of amidine groups is 1. The van der Waals surface area contributed by atoms with Gasteiger partial charge in [-0.15, -0.1) is 0 Å². The number of carbonyl (C=O) groups excluding carboxylic acids is 1. The van der Waals surface area contributed by atoms with Crippen LogP contribution < -0.4 is 4.90 Å². The molecule has 2 aromatic rings. The lowest BCUT2D eigenvalue weighted by Gasteiger charge is -2.22. The quantitative estimate of drug-likeness (QED) is 0.679. The van der Waals surface area contributed by atoms with Crippen molar-refractivity contribution in [2.24, 2.45) is 4.99 Å². The number of carbonyl (C=O) groups is 1. The zero-order chi connectivity index (χ0) is 16.4. The van der Waals surface area contributed by atoms with Gasteiger partial charge in [0.25, 0.3) is 5.91 Å². The van der Waals surface area contributed by atoms with Crippen LogP contribution in [0.4, 0.5) is 5.69 Å². The molecule has 118 valence electrons. The molecule has 1 amide bonds. The lowest BCUT2D eigenvalue weighted by Crippen LogP contribution is -2.34. The lowest BCUT2D eigenvalue weighted by molar-refractivity contribution is 0.100. The Morgan fingerprint density at radius 2 is 1.96 bits per heavy atom. The minimum absolute atomic E-state index is 0.111. The molecule has 0 spiro atoms.